The monoisotopic (exact) mass is 395 g/mol. The number of methoxy groups -OCH3 is 1. The Hall–Kier alpha value is -2.65. The minimum absolute atomic E-state index is 0.0519. The summed E-state index contributed by atoms with van der Waals surface area (Å²) in [7, 11) is 1.76. The summed E-state index contributed by atoms with van der Waals surface area (Å²) in [6, 6.07) is 5.47. The highest BCUT2D eigenvalue weighted by molar-refractivity contribution is 5.73. The molecule has 1 fully saturated rings. The van der Waals surface area contributed by atoms with Gasteiger partial charge in [0.25, 0.3) is 0 Å². The van der Waals surface area contributed by atoms with Crippen LogP contribution in [-0.4, -0.2) is 40.7 Å². The van der Waals surface area contributed by atoms with E-state index in [1.165, 1.54) is 5.56 Å². The molecule has 152 valence electrons. The van der Waals surface area contributed by atoms with Gasteiger partial charge in [-0.15, -0.1) is 10.2 Å². The Balaban J connectivity index is 1.64. The average Bonchev–Trinajstić information content (AvgIpc) is 2.71. The van der Waals surface area contributed by atoms with Gasteiger partial charge >= 0.3 is 0 Å². The molecule has 29 heavy (non-hydrogen) atoms. The number of ether oxygens (including phenoxy) is 1. The molecular weight excluding hydrogens is 369 g/mol. The first-order valence-electron chi connectivity index (χ1n) is 10.1. The van der Waals surface area contributed by atoms with E-state index < -0.39 is 6.67 Å². The highest BCUT2D eigenvalue weighted by atomic mass is 19.1. The molecule has 0 radical (unpaired) electrons. The number of phenols is 1. The Bertz CT molecular complexity index is 974. The minimum Gasteiger partial charge on any atom is -0.507 e. The lowest BCUT2D eigenvalue weighted by molar-refractivity contribution is -0.0625. The standard InChI is InChI=1S/C23H26FN3O2/c1-23(29-2)13-16(14-23)25-22-18-8-4-3-7-17(18)21(26-27-22)19-10-9-15(6-5-11-24)12-20(19)28/h9-10,12,16,28H,3-4,7-8,11,13-14H2,1-2H3,(H,25,27). The fourth-order valence-electron chi connectivity index (χ4n) is 4.37. The van der Waals surface area contributed by atoms with Crippen molar-refractivity contribution in [1.82, 2.24) is 10.2 Å². The summed E-state index contributed by atoms with van der Waals surface area (Å²) in [6.07, 6.45) is 5.98. The first kappa shape index (κ1) is 19.7. The second-order valence-electron chi connectivity index (χ2n) is 8.13. The second kappa shape index (κ2) is 8.00. The summed E-state index contributed by atoms with van der Waals surface area (Å²) in [6.45, 7) is 1.42. The molecule has 2 N–H and O–H groups in total. The molecule has 1 heterocycles. The van der Waals surface area contributed by atoms with Crippen molar-refractivity contribution in [3.63, 3.8) is 0 Å². The van der Waals surface area contributed by atoms with Crippen LogP contribution < -0.4 is 5.32 Å². The molecule has 1 aromatic carbocycles. The molecule has 0 amide bonds. The van der Waals surface area contributed by atoms with Gasteiger partial charge < -0.3 is 15.2 Å². The van der Waals surface area contributed by atoms with Crippen LogP contribution >= 0.6 is 0 Å². The molecule has 1 saturated carbocycles. The number of phenolic OH excluding ortho intramolecular Hbond substituents is 1. The zero-order valence-electron chi connectivity index (χ0n) is 16.9. The van der Waals surface area contributed by atoms with Gasteiger partial charge in [-0.1, -0.05) is 11.8 Å². The number of aromatic nitrogens is 2. The maximum atomic E-state index is 12.3. The Morgan fingerprint density at radius 3 is 2.69 bits per heavy atom. The zero-order valence-corrected chi connectivity index (χ0v) is 16.9. The number of hydrogen-bond donors (Lipinski definition) is 2. The summed E-state index contributed by atoms with van der Waals surface area (Å²) in [5.74, 6) is 6.01. The predicted molar refractivity (Wildman–Crippen MR) is 111 cm³/mol. The molecule has 0 atom stereocenters. The van der Waals surface area contributed by atoms with Gasteiger partial charge in [0.05, 0.1) is 5.60 Å². The summed E-state index contributed by atoms with van der Waals surface area (Å²) >= 11 is 0. The molecule has 0 aliphatic heterocycles. The molecule has 0 saturated heterocycles. The topological polar surface area (TPSA) is 67.3 Å². The smallest absolute Gasteiger partial charge is 0.152 e. The van der Waals surface area contributed by atoms with Crippen molar-refractivity contribution in [1.29, 1.82) is 0 Å². The normalized spacial score (nSPS) is 22.8. The van der Waals surface area contributed by atoms with Crippen molar-refractivity contribution in [2.45, 2.75) is 57.1 Å². The van der Waals surface area contributed by atoms with Crippen molar-refractivity contribution in [2.75, 3.05) is 19.1 Å². The van der Waals surface area contributed by atoms with Crippen molar-refractivity contribution in [2.24, 2.45) is 0 Å². The maximum Gasteiger partial charge on any atom is 0.152 e. The van der Waals surface area contributed by atoms with Crippen LogP contribution in [0.4, 0.5) is 10.2 Å². The van der Waals surface area contributed by atoms with Gasteiger partial charge in [0, 0.05) is 29.8 Å². The van der Waals surface area contributed by atoms with Crippen LogP contribution in [0.3, 0.4) is 0 Å². The number of nitrogens with zero attached hydrogens (tertiary/aromatic N) is 2. The summed E-state index contributed by atoms with van der Waals surface area (Å²) in [4.78, 5) is 0. The van der Waals surface area contributed by atoms with E-state index in [1.54, 1.807) is 25.3 Å². The summed E-state index contributed by atoms with van der Waals surface area (Å²) < 4.78 is 17.8. The number of anilines is 1. The van der Waals surface area contributed by atoms with E-state index in [0.29, 0.717) is 17.2 Å². The first-order chi connectivity index (χ1) is 14.0. The molecule has 2 aliphatic rings. The van der Waals surface area contributed by atoms with E-state index >= 15 is 0 Å². The van der Waals surface area contributed by atoms with Gasteiger partial charge in [0.15, 0.2) is 12.5 Å². The van der Waals surface area contributed by atoms with Gasteiger partial charge in [0.2, 0.25) is 0 Å². The van der Waals surface area contributed by atoms with E-state index in [2.05, 4.69) is 34.3 Å². The number of hydrogen-bond acceptors (Lipinski definition) is 5. The van der Waals surface area contributed by atoms with Gasteiger partial charge in [-0.05, 0) is 69.2 Å². The van der Waals surface area contributed by atoms with Crippen LogP contribution in [0.1, 0.15) is 49.3 Å². The molecule has 0 spiro atoms. The lowest BCUT2D eigenvalue weighted by Gasteiger charge is -2.44. The van der Waals surface area contributed by atoms with E-state index in [-0.39, 0.29) is 11.4 Å². The fraction of sp³-hybridized carbons (Fsp3) is 0.478. The fourth-order valence-corrected chi connectivity index (χ4v) is 4.37. The Morgan fingerprint density at radius 1 is 1.24 bits per heavy atom. The van der Waals surface area contributed by atoms with Crippen molar-refractivity contribution in [3.8, 4) is 28.8 Å². The van der Waals surface area contributed by atoms with Crippen LogP contribution in [0.2, 0.25) is 0 Å². The van der Waals surface area contributed by atoms with Crippen molar-refractivity contribution >= 4 is 5.82 Å². The van der Waals surface area contributed by atoms with Crippen LogP contribution in [0, 0.1) is 11.8 Å². The molecule has 6 heteroatoms. The second-order valence-corrected chi connectivity index (χ2v) is 8.13. The number of benzene rings is 1. The van der Waals surface area contributed by atoms with Gasteiger partial charge in [-0.2, -0.15) is 0 Å². The average molecular weight is 395 g/mol. The Labute approximate surface area is 170 Å². The number of aromatic hydroxyl groups is 1. The van der Waals surface area contributed by atoms with Gasteiger partial charge in [-0.25, -0.2) is 4.39 Å². The lowest BCUT2D eigenvalue weighted by Crippen LogP contribution is -2.50. The van der Waals surface area contributed by atoms with Crippen LogP contribution in [0.15, 0.2) is 18.2 Å². The molecular formula is C23H26FN3O2. The predicted octanol–water partition coefficient (Wildman–Crippen LogP) is 4.03. The van der Waals surface area contributed by atoms with E-state index in [4.69, 9.17) is 4.74 Å². The number of alkyl halides is 1. The van der Waals surface area contributed by atoms with E-state index in [9.17, 15) is 9.50 Å². The third kappa shape index (κ3) is 3.92. The van der Waals surface area contributed by atoms with Crippen LogP contribution in [0.5, 0.6) is 5.75 Å². The van der Waals surface area contributed by atoms with Gasteiger partial charge in [0.1, 0.15) is 11.4 Å². The first-order valence-corrected chi connectivity index (χ1v) is 10.1. The quantitative estimate of drug-likeness (QED) is 0.765. The van der Waals surface area contributed by atoms with Crippen LogP contribution in [-0.2, 0) is 17.6 Å². The summed E-state index contributed by atoms with van der Waals surface area (Å²) in [5, 5.41) is 23.1. The molecule has 2 aliphatic carbocycles. The number of fused-ring (bicyclic) bond motifs is 1. The summed E-state index contributed by atoms with van der Waals surface area (Å²) in [5.41, 5.74) is 4.25. The maximum absolute atomic E-state index is 12.3. The molecule has 5 nitrogen and oxygen atoms in total. The van der Waals surface area contributed by atoms with Gasteiger partial charge in [-0.3, -0.25) is 0 Å². The largest absolute Gasteiger partial charge is 0.507 e. The Morgan fingerprint density at radius 2 is 2.00 bits per heavy atom. The molecule has 1 aromatic heterocycles. The molecule has 0 unspecified atom stereocenters. The molecule has 2 aromatic rings. The minimum atomic E-state index is -0.708. The lowest BCUT2D eigenvalue weighted by atomic mass is 9.77. The third-order valence-corrected chi connectivity index (χ3v) is 6.03. The Kier molecular flexibility index (Phi) is 5.42. The number of halogens is 1. The number of rotatable bonds is 4. The molecule has 0 bridgehead atoms. The highest BCUT2D eigenvalue weighted by Crippen LogP contribution is 2.40. The van der Waals surface area contributed by atoms with E-state index in [0.717, 1.165) is 55.6 Å². The van der Waals surface area contributed by atoms with Crippen molar-refractivity contribution in [3.05, 3.63) is 34.9 Å². The van der Waals surface area contributed by atoms with Crippen molar-refractivity contribution < 1.29 is 14.2 Å². The third-order valence-electron chi connectivity index (χ3n) is 6.03. The van der Waals surface area contributed by atoms with Crippen LogP contribution in [0.25, 0.3) is 11.3 Å². The molecule has 4 rings (SSSR count). The van der Waals surface area contributed by atoms with E-state index in [1.807, 2.05) is 0 Å². The zero-order chi connectivity index (χ0) is 20.4. The SMILES string of the molecule is COC1(C)CC(Nc2nnc(-c3ccc(C#CCF)cc3O)c3c2CCCC3)C1. The highest BCUT2D eigenvalue weighted by Gasteiger charge is 2.41. The number of nitrogens with one attached hydrogen (secondary N) is 1.